The zero-order chi connectivity index (χ0) is 15.1. The second kappa shape index (κ2) is 14.8. The van der Waals surface area contributed by atoms with E-state index in [1.165, 1.54) is 44.9 Å². The van der Waals surface area contributed by atoms with E-state index in [4.69, 9.17) is 9.99 Å². The summed E-state index contributed by atoms with van der Waals surface area (Å²) in [6, 6.07) is 0. The Labute approximate surface area is 123 Å². The largest absolute Gasteiger partial charge is 0.393 e. The molecule has 0 radical (unpaired) electrons. The van der Waals surface area contributed by atoms with Gasteiger partial charge in [0.05, 0.1) is 12.7 Å². The Kier molecular flexibility index (Phi) is 14.3. The van der Waals surface area contributed by atoms with Crippen LogP contribution in [0.2, 0.25) is 0 Å². The number of hydrogen-bond donors (Lipinski definition) is 1. The Morgan fingerprint density at radius 2 is 1.55 bits per heavy atom. The molecule has 0 heterocycles. The van der Waals surface area contributed by atoms with E-state index in [1.807, 2.05) is 0 Å². The number of aliphatic hydroxyl groups excluding tert-OH is 1. The van der Waals surface area contributed by atoms with Crippen molar-refractivity contribution in [2.24, 2.45) is 0 Å². The zero-order valence-electron chi connectivity index (χ0n) is 13.2. The molecule has 0 aliphatic heterocycles. The predicted octanol–water partition coefficient (Wildman–Crippen LogP) is 4.15. The third kappa shape index (κ3) is 15.4. The van der Waals surface area contributed by atoms with Gasteiger partial charge in [0.2, 0.25) is 0 Å². The van der Waals surface area contributed by atoms with Crippen LogP contribution in [0.4, 0.5) is 0 Å². The molecule has 0 aliphatic carbocycles. The van der Waals surface area contributed by atoms with Gasteiger partial charge < -0.3 is 5.11 Å². The Balaban J connectivity index is 3.15. The van der Waals surface area contributed by atoms with Crippen molar-refractivity contribution in [3.05, 3.63) is 0 Å². The topological polar surface area (TPSA) is 55.8 Å². The summed E-state index contributed by atoms with van der Waals surface area (Å²) in [4.78, 5) is 20.6. The van der Waals surface area contributed by atoms with Crippen molar-refractivity contribution in [3.63, 3.8) is 0 Å². The fraction of sp³-hybridized carbons (Fsp3) is 0.938. The quantitative estimate of drug-likeness (QED) is 0.296. The van der Waals surface area contributed by atoms with E-state index in [9.17, 15) is 4.79 Å². The Bertz CT molecular complexity index is 217. The van der Waals surface area contributed by atoms with Gasteiger partial charge in [0, 0.05) is 12.8 Å². The highest BCUT2D eigenvalue weighted by molar-refractivity contribution is 5.68. The molecule has 0 aromatic rings. The van der Waals surface area contributed by atoms with Crippen LogP contribution in [0, 0.1) is 0 Å². The lowest BCUT2D eigenvalue weighted by atomic mass is 10.1. The average molecular weight is 288 g/mol. The van der Waals surface area contributed by atoms with Crippen molar-refractivity contribution in [1.29, 1.82) is 0 Å². The van der Waals surface area contributed by atoms with Gasteiger partial charge in [-0.2, -0.15) is 4.89 Å². The van der Waals surface area contributed by atoms with Crippen LogP contribution in [0.1, 0.15) is 84.5 Å². The summed E-state index contributed by atoms with van der Waals surface area (Å²) in [7, 11) is 0. The summed E-state index contributed by atoms with van der Waals surface area (Å²) in [5, 5.41) is 8.99. The smallest absolute Gasteiger partial charge is 0.342 e. The summed E-state index contributed by atoms with van der Waals surface area (Å²) in [5.74, 6) is -0.307. The fourth-order valence-corrected chi connectivity index (χ4v) is 1.95. The van der Waals surface area contributed by atoms with E-state index < -0.39 is 6.10 Å². The van der Waals surface area contributed by atoms with E-state index in [-0.39, 0.29) is 12.6 Å². The van der Waals surface area contributed by atoms with Crippen LogP contribution in [0.25, 0.3) is 0 Å². The van der Waals surface area contributed by atoms with E-state index in [0.717, 1.165) is 12.8 Å². The van der Waals surface area contributed by atoms with E-state index in [1.54, 1.807) is 6.92 Å². The summed E-state index contributed by atoms with van der Waals surface area (Å²) in [6.07, 6.45) is 11.5. The number of aliphatic hydroxyl groups is 1. The second-order valence-corrected chi connectivity index (χ2v) is 5.49. The van der Waals surface area contributed by atoms with Crippen molar-refractivity contribution in [1.82, 2.24) is 0 Å². The molecule has 0 aromatic carbocycles. The highest BCUT2D eigenvalue weighted by atomic mass is 17.2. The maximum Gasteiger partial charge on any atom is 0.342 e. The highest BCUT2D eigenvalue weighted by Crippen LogP contribution is 2.10. The van der Waals surface area contributed by atoms with Gasteiger partial charge in [-0.05, 0) is 13.3 Å². The van der Waals surface area contributed by atoms with Crippen LogP contribution in [0.15, 0.2) is 0 Å². The molecule has 4 nitrogen and oxygen atoms in total. The van der Waals surface area contributed by atoms with Crippen molar-refractivity contribution < 1.29 is 19.7 Å². The van der Waals surface area contributed by atoms with Crippen molar-refractivity contribution in [3.8, 4) is 0 Å². The Morgan fingerprint density at radius 1 is 1.00 bits per heavy atom. The minimum absolute atomic E-state index is 0.251. The van der Waals surface area contributed by atoms with Crippen molar-refractivity contribution in [2.75, 3.05) is 6.61 Å². The van der Waals surface area contributed by atoms with Gasteiger partial charge in [-0.1, -0.05) is 58.3 Å². The van der Waals surface area contributed by atoms with Crippen molar-refractivity contribution >= 4 is 5.97 Å². The van der Waals surface area contributed by atoms with Crippen molar-refractivity contribution in [2.45, 2.75) is 90.6 Å². The molecule has 0 rings (SSSR count). The fourth-order valence-electron chi connectivity index (χ4n) is 1.95. The molecule has 20 heavy (non-hydrogen) atoms. The van der Waals surface area contributed by atoms with Gasteiger partial charge >= 0.3 is 5.97 Å². The average Bonchev–Trinajstić information content (AvgIpc) is 2.41. The summed E-state index contributed by atoms with van der Waals surface area (Å²) in [5.41, 5.74) is 0. The van der Waals surface area contributed by atoms with E-state index >= 15 is 0 Å². The van der Waals surface area contributed by atoms with Crippen LogP contribution < -0.4 is 0 Å². The summed E-state index contributed by atoms with van der Waals surface area (Å²) >= 11 is 0. The maximum absolute atomic E-state index is 11.3. The molecule has 0 aromatic heterocycles. The number of rotatable bonds is 14. The first-order chi connectivity index (χ1) is 9.66. The van der Waals surface area contributed by atoms with Crippen LogP contribution >= 0.6 is 0 Å². The SMILES string of the molecule is CCCCCCCCCCCC(=O)OOCCC(C)O. The van der Waals surface area contributed by atoms with E-state index in [0.29, 0.717) is 12.8 Å². The van der Waals surface area contributed by atoms with Gasteiger partial charge in [0.1, 0.15) is 0 Å². The third-order valence-corrected chi connectivity index (χ3v) is 3.26. The molecule has 0 spiro atoms. The number of unbranched alkanes of at least 4 members (excludes halogenated alkanes) is 8. The molecule has 0 amide bonds. The first kappa shape index (κ1) is 19.4. The normalized spacial score (nSPS) is 12.3. The number of hydrogen-bond acceptors (Lipinski definition) is 4. The van der Waals surface area contributed by atoms with Gasteiger partial charge in [0.25, 0.3) is 0 Å². The second-order valence-electron chi connectivity index (χ2n) is 5.49. The third-order valence-electron chi connectivity index (χ3n) is 3.26. The van der Waals surface area contributed by atoms with Gasteiger partial charge in [-0.25, -0.2) is 4.79 Å². The highest BCUT2D eigenvalue weighted by Gasteiger charge is 2.04. The van der Waals surface area contributed by atoms with Crippen LogP contribution in [0.5, 0.6) is 0 Å². The molecule has 4 heteroatoms. The minimum Gasteiger partial charge on any atom is -0.393 e. The zero-order valence-corrected chi connectivity index (χ0v) is 13.2. The molecule has 1 atom stereocenters. The molecule has 0 saturated heterocycles. The molecule has 0 fully saturated rings. The summed E-state index contributed by atoms with van der Waals surface area (Å²) in [6.45, 7) is 4.15. The lowest BCUT2D eigenvalue weighted by molar-refractivity contribution is -0.274. The molecule has 1 N–H and O–H groups in total. The molecular formula is C16H32O4. The monoisotopic (exact) mass is 288 g/mol. The molecular weight excluding hydrogens is 256 g/mol. The van der Waals surface area contributed by atoms with Gasteiger partial charge in [-0.3, -0.25) is 4.89 Å². The lowest BCUT2D eigenvalue weighted by Gasteiger charge is -2.05. The Hall–Kier alpha value is -0.610. The van der Waals surface area contributed by atoms with Gasteiger partial charge in [-0.15, -0.1) is 0 Å². The first-order valence-electron chi connectivity index (χ1n) is 8.17. The molecule has 120 valence electrons. The Morgan fingerprint density at radius 3 is 2.10 bits per heavy atom. The molecule has 0 saturated carbocycles. The number of carbonyl (C=O) groups excluding carboxylic acids is 1. The molecule has 1 unspecified atom stereocenters. The van der Waals surface area contributed by atoms with E-state index in [2.05, 4.69) is 11.8 Å². The maximum atomic E-state index is 11.3. The predicted molar refractivity (Wildman–Crippen MR) is 80.2 cm³/mol. The number of carbonyl (C=O) groups is 1. The van der Waals surface area contributed by atoms with Gasteiger partial charge in [0.15, 0.2) is 0 Å². The standard InChI is InChI=1S/C16H32O4/c1-3-4-5-6-7-8-9-10-11-12-16(18)20-19-14-13-15(2)17/h15,17H,3-14H2,1-2H3. The summed E-state index contributed by atoms with van der Waals surface area (Å²) < 4.78 is 0. The lowest BCUT2D eigenvalue weighted by Crippen LogP contribution is -2.10. The molecule has 0 bridgehead atoms. The van der Waals surface area contributed by atoms with Crippen LogP contribution in [-0.2, 0) is 14.6 Å². The minimum atomic E-state index is -0.425. The van der Waals surface area contributed by atoms with Crippen LogP contribution in [0.3, 0.4) is 0 Å². The molecule has 0 aliphatic rings. The van der Waals surface area contributed by atoms with Crippen LogP contribution in [-0.4, -0.2) is 23.8 Å². The first-order valence-corrected chi connectivity index (χ1v) is 8.17.